The molecule has 0 atom stereocenters. The number of halogens is 3. The Bertz CT molecular complexity index is 520. The lowest BCUT2D eigenvalue weighted by Gasteiger charge is -2.09. The van der Waals surface area contributed by atoms with Crippen molar-refractivity contribution in [2.75, 3.05) is 11.1 Å². The van der Waals surface area contributed by atoms with E-state index in [0.29, 0.717) is 11.5 Å². The molecule has 0 spiro atoms. The van der Waals surface area contributed by atoms with Crippen LogP contribution in [0.25, 0.3) is 0 Å². The first-order chi connectivity index (χ1) is 8.06. The Labute approximate surface area is 101 Å². The number of hydrogen-bond acceptors (Lipinski definition) is 3. The lowest BCUT2D eigenvalue weighted by molar-refractivity contribution is 0.586. The van der Waals surface area contributed by atoms with Crippen LogP contribution in [0.3, 0.4) is 0 Å². The number of rotatable bonds is 2. The molecule has 0 aliphatic carbocycles. The van der Waals surface area contributed by atoms with Crippen LogP contribution >= 0.6 is 11.6 Å². The van der Waals surface area contributed by atoms with Crippen LogP contribution in [0.2, 0.25) is 5.02 Å². The molecule has 3 nitrogen and oxygen atoms in total. The molecule has 0 radical (unpaired) electrons. The minimum absolute atomic E-state index is 0.000335. The van der Waals surface area contributed by atoms with Gasteiger partial charge in [0.25, 0.3) is 0 Å². The Hall–Kier alpha value is -1.88. The highest BCUT2D eigenvalue weighted by Crippen LogP contribution is 2.29. The number of hydrogen-bond donors (Lipinski definition) is 2. The second kappa shape index (κ2) is 4.55. The maximum absolute atomic E-state index is 13.4. The first-order valence-electron chi connectivity index (χ1n) is 4.69. The number of nitrogens with one attached hydrogen (secondary N) is 1. The van der Waals surface area contributed by atoms with Crippen LogP contribution in [-0.4, -0.2) is 4.98 Å². The second-order valence-electron chi connectivity index (χ2n) is 3.34. The van der Waals surface area contributed by atoms with E-state index in [-0.39, 0.29) is 10.7 Å². The van der Waals surface area contributed by atoms with Gasteiger partial charge in [0, 0.05) is 6.07 Å². The van der Waals surface area contributed by atoms with Crippen molar-refractivity contribution in [3.8, 4) is 0 Å². The topological polar surface area (TPSA) is 50.9 Å². The van der Waals surface area contributed by atoms with Crippen molar-refractivity contribution in [1.82, 2.24) is 4.98 Å². The van der Waals surface area contributed by atoms with Gasteiger partial charge in [0.1, 0.15) is 11.6 Å². The van der Waals surface area contributed by atoms with Gasteiger partial charge in [-0.15, -0.1) is 0 Å². The van der Waals surface area contributed by atoms with Gasteiger partial charge in [-0.1, -0.05) is 11.6 Å². The van der Waals surface area contributed by atoms with E-state index < -0.39 is 11.6 Å². The number of benzene rings is 1. The molecule has 1 aromatic heterocycles. The van der Waals surface area contributed by atoms with E-state index in [1.807, 2.05) is 0 Å². The zero-order valence-corrected chi connectivity index (χ0v) is 9.30. The number of pyridine rings is 1. The van der Waals surface area contributed by atoms with Crippen LogP contribution in [-0.2, 0) is 0 Å². The Morgan fingerprint density at radius 1 is 1.24 bits per heavy atom. The summed E-state index contributed by atoms with van der Waals surface area (Å²) in [6.45, 7) is 0. The molecular formula is C11H8ClF2N3. The van der Waals surface area contributed by atoms with E-state index in [4.69, 9.17) is 17.3 Å². The smallest absolute Gasteiger partial charge is 0.151 e. The standard InChI is InChI=1S/C11H8ClF2N3/c12-8-3-6(13)4-9(14)11(8)17-7-1-2-10(15)16-5-7/h1-5,17H,(H2,15,16). The lowest BCUT2D eigenvalue weighted by atomic mass is 10.2. The van der Waals surface area contributed by atoms with Crippen molar-refractivity contribution in [3.63, 3.8) is 0 Å². The zero-order chi connectivity index (χ0) is 12.4. The molecular weight excluding hydrogens is 248 g/mol. The molecule has 17 heavy (non-hydrogen) atoms. The van der Waals surface area contributed by atoms with Crippen molar-refractivity contribution < 1.29 is 8.78 Å². The lowest BCUT2D eigenvalue weighted by Crippen LogP contribution is -1.97. The van der Waals surface area contributed by atoms with Gasteiger partial charge in [-0.25, -0.2) is 13.8 Å². The zero-order valence-electron chi connectivity index (χ0n) is 8.55. The number of nitrogen functional groups attached to an aromatic ring is 1. The van der Waals surface area contributed by atoms with E-state index in [1.54, 1.807) is 12.1 Å². The number of aromatic nitrogens is 1. The van der Waals surface area contributed by atoms with Crippen LogP contribution in [0.5, 0.6) is 0 Å². The van der Waals surface area contributed by atoms with E-state index in [9.17, 15) is 8.78 Å². The van der Waals surface area contributed by atoms with Gasteiger partial charge in [0.05, 0.1) is 22.6 Å². The van der Waals surface area contributed by atoms with Gasteiger partial charge in [-0.2, -0.15) is 0 Å². The summed E-state index contributed by atoms with van der Waals surface area (Å²) in [4.78, 5) is 3.83. The van der Waals surface area contributed by atoms with Crippen LogP contribution in [0, 0.1) is 11.6 Å². The maximum Gasteiger partial charge on any atom is 0.151 e. The molecule has 0 saturated heterocycles. The van der Waals surface area contributed by atoms with E-state index in [2.05, 4.69) is 10.3 Å². The van der Waals surface area contributed by atoms with Crippen molar-refractivity contribution in [2.45, 2.75) is 0 Å². The van der Waals surface area contributed by atoms with Crippen LogP contribution in [0.4, 0.5) is 26.0 Å². The quantitative estimate of drug-likeness (QED) is 0.865. The molecule has 0 fully saturated rings. The van der Waals surface area contributed by atoms with Crippen LogP contribution in [0.1, 0.15) is 0 Å². The summed E-state index contributed by atoms with van der Waals surface area (Å²) in [6, 6.07) is 4.94. The predicted octanol–water partition coefficient (Wildman–Crippen LogP) is 3.34. The summed E-state index contributed by atoms with van der Waals surface area (Å²) >= 11 is 5.73. The summed E-state index contributed by atoms with van der Waals surface area (Å²) in [5.74, 6) is -1.15. The number of anilines is 3. The molecule has 1 aromatic carbocycles. The Balaban J connectivity index is 2.33. The highest BCUT2D eigenvalue weighted by Gasteiger charge is 2.10. The second-order valence-corrected chi connectivity index (χ2v) is 3.75. The maximum atomic E-state index is 13.4. The van der Waals surface area contributed by atoms with Crippen LogP contribution < -0.4 is 11.1 Å². The molecule has 0 unspecified atom stereocenters. The normalized spacial score (nSPS) is 10.3. The first kappa shape index (κ1) is 11.6. The molecule has 3 N–H and O–H groups in total. The third-order valence-electron chi connectivity index (χ3n) is 2.06. The van der Waals surface area contributed by atoms with Crippen molar-refractivity contribution in [2.24, 2.45) is 0 Å². The average Bonchev–Trinajstić information content (AvgIpc) is 2.26. The van der Waals surface area contributed by atoms with Crippen molar-refractivity contribution >= 4 is 28.8 Å². The van der Waals surface area contributed by atoms with E-state index in [0.717, 1.165) is 12.1 Å². The molecule has 88 valence electrons. The third kappa shape index (κ3) is 2.62. The summed E-state index contributed by atoms with van der Waals surface area (Å²) in [5.41, 5.74) is 5.92. The third-order valence-corrected chi connectivity index (χ3v) is 2.36. The fourth-order valence-corrected chi connectivity index (χ4v) is 1.53. The largest absolute Gasteiger partial charge is 0.384 e. The summed E-state index contributed by atoms with van der Waals surface area (Å²) in [6.07, 6.45) is 1.43. The Kier molecular flexibility index (Phi) is 3.10. The van der Waals surface area contributed by atoms with Gasteiger partial charge in [0.15, 0.2) is 5.82 Å². The SMILES string of the molecule is Nc1ccc(Nc2c(F)cc(F)cc2Cl)cn1. The molecule has 0 aliphatic rings. The predicted molar refractivity (Wildman–Crippen MR) is 63.3 cm³/mol. The molecule has 2 aromatic rings. The fraction of sp³-hybridized carbons (Fsp3) is 0. The summed E-state index contributed by atoms with van der Waals surface area (Å²) < 4.78 is 26.3. The molecule has 2 rings (SSSR count). The van der Waals surface area contributed by atoms with E-state index in [1.165, 1.54) is 6.20 Å². The molecule has 6 heteroatoms. The molecule has 0 aliphatic heterocycles. The van der Waals surface area contributed by atoms with Gasteiger partial charge >= 0.3 is 0 Å². The van der Waals surface area contributed by atoms with Crippen molar-refractivity contribution in [1.29, 1.82) is 0 Å². The molecule has 0 saturated carbocycles. The number of nitrogens with zero attached hydrogens (tertiary/aromatic N) is 1. The minimum Gasteiger partial charge on any atom is -0.384 e. The van der Waals surface area contributed by atoms with Crippen LogP contribution in [0.15, 0.2) is 30.5 Å². The number of nitrogens with two attached hydrogens (primary N) is 1. The van der Waals surface area contributed by atoms with Gasteiger partial charge in [-0.05, 0) is 18.2 Å². The first-order valence-corrected chi connectivity index (χ1v) is 5.07. The van der Waals surface area contributed by atoms with Gasteiger partial charge < -0.3 is 11.1 Å². The van der Waals surface area contributed by atoms with E-state index >= 15 is 0 Å². The monoisotopic (exact) mass is 255 g/mol. The molecule has 0 bridgehead atoms. The Morgan fingerprint density at radius 2 is 2.00 bits per heavy atom. The van der Waals surface area contributed by atoms with Gasteiger partial charge in [-0.3, -0.25) is 0 Å². The Morgan fingerprint density at radius 3 is 2.59 bits per heavy atom. The summed E-state index contributed by atoms with van der Waals surface area (Å²) in [5, 5.41) is 2.66. The summed E-state index contributed by atoms with van der Waals surface area (Å²) in [7, 11) is 0. The van der Waals surface area contributed by atoms with Crippen molar-refractivity contribution in [3.05, 3.63) is 47.1 Å². The molecule has 1 heterocycles. The molecule has 0 amide bonds. The highest BCUT2D eigenvalue weighted by molar-refractivity contribution is 6.33. The average molecular weight is 256 g/mol. The fourth-order valence-electron chi connectivity index (χ4n) is 1.29. The highest BCUT2D eigenvalue weighted by atomic mass is 35.5. The van der Waals surface area contributed by atoms with Gasteiger partial charge in [0.2, 0.25) is 0 Å². The minimum atomic E-state index is -0.771.